The minimum Gasteiger partial charge on any atom is -0.508 e. The van der Waals surface area contributed by atoms with Gasteiger partial charge >= 0.3 is 0 Å². The highest BCUT2D eigenvalue weighted by Gasteiger charge is 2.47. The lowest BCUT2D eigenvalue weighted by Crippen LogP contribution is -2.61. The summed E-state index contributed by atoms with van der Waals surface area (Å²) in [6, 6.07) is 5.83. The number of hydrogen-bond donors (Lipinski definition) is 9. The first-order chi connectivity index (χ1) is 20.8. The topological polar surface area (TPSA) is 258 Å². The van der Waals surface area contributed by atoms with Gasteiger partial charge in [-0.1, -0.05) is 0 Å². The van der Waals surface area contributed by atoms with Gasteiger partial charge < -0.3 is 74.1 Å². The van der Waals surface area contributed by atoms with E-state index in [0.29, 0.717) is 0 Å². The number of hydrogen-bond acceptors (Lipinski definition) is 16. The van der Waals surface area contributed by atoms with E-state index in [4.69, 9.17) is 28.1 Å². The Morgan fingerprint density at radius 1 is 0.795 bits per heavy atom. The highest BCUT2D eigenvalue weighted by atomic mass is 16.7. The second-order valence-corrected chi connectivity index (χ2v) is 10.5. The molecule has 3 aromatic rings. The number of aliphatic hydroxyl groups is 6. The quantitative estimate of drug-likeness (QED) is 0.147. The van der Waals surface area contributed by atoms with Gasteiger partial charge in [0.1, 0.15) is 65.2 Å². The molecule has 2 aromatic carbocycles. The molecular formula is C28H32O16. The molecule has 9 N–H and O–H groups in total. The number of ether oxygens (including phenoxy) is 5. The number of benzene rings is 2. The third kappa shape index (κ3) is 5.74. The first-order valence-corrected chi connectivity index (χ1v) is 13.4. The summed E-state index contributed by atoms with van der Waals surface area (Å²) in [6.07, 6.45) is -16.0. The third-order valence-corrected chi connectivity index (χ3v) is 7.50. The molecule has 0 saturated carbocycles. The molecule has 240 valence electrons. The van der Waals surface area contributed by atoms with Gasteiger partial charge in [-0.15, -0.1) is 0 Å². The van der Waals surface area contributed by atoms with E-state index < -0.39 is 96.1 Å². The van der Waals surface area contributed by atoms with Gasteiger partial charge in [-0.2, -0.15) is 0 Å². The van der Waals surface area contributed by atoms with E-state index in [-0.39, 0.29) is 28.4 Å². The Hall–Kier alpha value is -3.71. The van der Waals surface area contributed by atoms with Crippen LogP contribution >= 0.6 is 0 Å². The van der Waals surface area contributed by atoms with Gasteiger partial charge in [0.15, 0.2) is 23.5 Å². The summed E-state index contributed by atoms with van der Waals surface area (Å²) in [5.74, 6) is -2.28. The van der Waals surface area contributed by atoms with Crippen LogP contribution in [-0.2, 0) is 14.2 Å². The van der Waals surface area contributed by atoms with E-state index in [1.54, 1.807) is 0 Å². The molecule has 1 aromatic heterocycles. The van der Waals surface area contributed by atoms with Gasteiger partial charge in [0.05, 0.1) is 19.8 Å². The van der Waals surface area contributed by atoms with Crippen molar-refractivity contribution < 1.29 is 74.1 Å². The van der Waals surface area contributed by atoms with Crippen LogP contribution in [0.25, 0.3) is 22.3 Å². The van der Waals surface area contributed by atoms with Crippen molar-refractivity contribution in [3.63, 3.8) is 0 Å². The molecule has 2 aliphatic rings. The minimum atomic E-state index is -1.94. The Bertz CT molecular complexity index is 1560. The van der Waals surface area contributed by atoms with Crippen molar-refractivity contribution in [1.29, 1.82) is 0 Å². The summed E-state index contributed by atoms with van der Waals surface area (Å²) in [6.45, 7) is 0.845. The second kappa shape index (κ2) is 12.4. The van der Waals surface area contributed by atoms with Gasteiger partial charge in [-0.25, -0.2) is 0 Å². The molecule has 0 bridgehead atoms. The van der Waals surface area contributed by atoms with Gasteiger partial charge in [0, 0.05) is 17.7 Å². The lowest BCUT2D eigenvalue weighted by molar-refractivity contribution is -0.318. The fourth-order valence-electron chi connectivity index (χ4n) is 4.99. The van der Waals surface area contributed by atoms with Crippen LogP contribution in [0.4, 0.5) is 0 Å². The summed E-state index contributed by atoms with van der Waals surface area (Å²) < 4.78 is 33.2. The zero-order chi connectivity index (χ0) is 32.0. The highest BCUT2D eigenvalue weighted by Crippen LogP contribution is 2.39. The normalized spacial score (nSPS) is 32.5. The number of fused-ring (bicyclic) bond motifs is 1. The number of phenols is 3. The molecule has 0 radical (unpaired) electrons. The Balaban J connectivity index is 1.49. The van der Waals surface area contributed by atoms with Crippen molar-refractivity contribution in [2.45, 2.75) is 68.3 Å². The van der Waals surface area contributed by atoms with Crippen molar-refractivity contribution in [1.82, 2.24) is 0 Å². The van der Waals surface area contributed by atoms with Crippen LogP contribution in [0.15, 0.2) is 39.5 Å². The minimum absolute atomic E-state index is 0.0151. The Morgan fingerprint density at radius 2 is 1.48 bits per heavy atom. The molecule has 0 spiro atoms. The number of phenolic OH excluding ortho intramolecular Hbond substituents is 3. The third-order valence-electron chi connectivity index (χ3n) is 7.50. The zero-order valence-corrected chi connectivity index (χ0v) is 23.3. The van der Waals surface area contributed by atoms with Gasteiger partial charge in [0.2, 0.25) is 17.5 Å². The summed E-state index contributed by atoms with van der Waals surface area (Å²) >= 11 is 0. The summed E-state index contributed by atoms with van der Waals surface area (Å²) in [4.78, 5) is 13.7. The molecule has 2 saturated heterocycles. The molecule has 0 aliphatic carbocycles. The molecule has 3 heterocycles. The summed E-state index contributed by atoms with van der Waals surface area (Å²) in [7, 11) is 1.28. The molecule has 2 fully saturated rings. The number of aromatic hydroxyl groups is 3. The van der Waals surface area contributed by atoms with Crippen LogP contribution in [0.1, 0.15) is 6.92 Å². The average Bonchev–Trinajstić information content (AvgIpc) is 2.98. The largest absolute Gasteiger partial charge is 0.508 e. The zero-order valence-electron chi connectivity index (χ0n) is 23.3. The van der Waals surface area contributed by atoms with Crippen LogP contribution in [-0.4, -0.2) is 121 Å². The van der Waals surface area contributed by atoms with Crippen LogP contribution in [0.5, 0.6) is 28.7 Å². The highest BCUT2D eigenvalue weighted by molar-refractivity contribution is 5.88. The fourth-order valence-corrected chi connectivity index (χ4v) is 4.99. The average molecular weight is 625 g/mol. The molecular weight excluding hydrogens is 592 g/mol. The van der Waals surface area contributed by atoms with Crippen molar-refractivity contribution in [3.05, 3.63) is 40.6 Å². The first kappa shape index (κ1) is 31.7. The van der Waals surface area contributed by atoms with Crippen LogP contribution in [0.3, 0.4) is 0 Å². The standard InChI is InChI=1S/C28H32O16/c1-9-18(32)21(35)23(37)27(41-9)40-8-16-19(33)22(36)24(38)28(43-16)44-26-20(34)17-13(31)6-11(29)7-15(17)42-25(26)10-3-4-12(30)14(5-10)39-2/h3-7,9,16,18-19,21-24,27-33,35-38H,8H2,1-2H3/t9-,16-,18+,19+,21-,22+,23-,24+,27-,28+/m1/s1. The number of aliphatic hydroxyl groups excluding tert-OH is 6. The SMILES string of the molecule is COc1cc(-c2oc3cc(O)cc(O)c3c(=O)c2O[C@@H]2O[C@H](CO[C@@H]3O[C@H](C)[C@H](O)[C@@H](O)[C@H]3O)[C@H](O)[C@H](O)[C@@H]2O)ccc1O. The Morgan fingerprint density at radius 3 is 2.18 bits per heavy atom. The van der Waals surface area contributed by atoms with Crippen molar-refractivity contribution in [2.24, 2.45) is 0 Å². The fraction of sp³-hybridized carbons (Fsp3) is 0.464. The predicted molar refractivity (Wildman–Crippen MR) is 145 cm³/mol. The van der Waals surface area contributed by atoms with Crippen LogP contribution in [0, 0.1) is 0 Å². The maximum absolute atomic E-state index is 13.7. The molecule has 44 heavy (non-hydrogen) atoms. The Kier molecular flexibility index (Phi) is 8.90. The van der Waals surface area contributed by atoms with Crippen molar-refractivity contribution in [3.8, 4) is 40.1 Å². The molecule has 5 rings (SSSR count). The van der Waals surface area contributed by atoms with E-state index in [9.17, 15) is 50.8 Å². The van der Waals surface area contributed by atoms with E-state index in [2.05, 4.69) is 0 Å². The monoisotopic (exact) mass is 624 g/mol. The van der Waals surface area contributed by atoms with E-state index in [1.807, 2.05) is 0 Å². The van der Waals surface area contributed by atoms with Gasteiger partial charge in [-0.3, -0.25) is 4.79 Å². The Labute approximate surface area is 248 Å². The molecule has 10 atom stereocenters. The van der Waals surface area contributed by atoms with Crippen molar-refractivity contribution >= 4 is 11.0 Å². The van der Waals surface area contributed by atoms with E-state index in [1.165, 1.54) is 32.2 Å². The first-order valence-electron chi connectivity index (χ1n) is 13.4. The second-order valence-electron chi connectivity index (χ2n) is 10.5. The number of methoxy groups -OCH3 is 1. The van der Waals surface area contributed by atoms with E-state index in [0.717, 1.165) is 12.1 Å². The lowest BCUT2D eigenvalue weighted by atomic mass is 9.98. The molecule has 0 unspecified atom stereocenters. The smallest absolute Gasteiger partial charge is 0.239 e. The lowest BCUT2D eigenvalue weighted by Gasteiger charge is -2.42. The van der Waals surface area contributed by atoms with E-state index >= 15 is 0 Å². The summed E-state index contributed by atoms with van der Waals surface area (Å²) in [5, 5.41) is 92.1. The van der Waals surface area contributed by atoms with Gasteiger partial charge in [-0.05, 0) is 25.1 Å². The van der Waals surface area contributed by atoms with Crippen molar-refractivity contribution in [2.75, 3.05) is 13.7 Å². The summed E-state index contributed by atoms with van der Waals surface area (Å²) in [5.41, 5.74) is -1.11. The maximum atomic E-state index is 13.7. The molecule has 16 heteroatoms. The maximum Gasteiger partial charge on any atom is 0.239 e. The number of rotatable bonds is 7. The van der Waals surface area contributed by atoms with Crippen LogP contribution in [0.2, 0.25) is 0 Å². The van der Waals surface area contributed by atoms with Crippen LogP contribution < -0.4 is 14.9 Å². The molecule has 0 amide bonds. The molecule has 16 nitrogen and oxygen atoms in total. The molecule has 2 aliphatic heterocycles. The predicted octanol–water partition coefficient (Wildman–Crippen LogP) is -1.38. The van der Waals surface area contributed by atoms with Gasteiger partial charge in [0.25, 0.3) is 0 Å².